The SMILES string of the molecule is CS(=O)(=O)N1CCN(Cc2ccc(C(=O)NC(c3ccccc3)c3ccccc3)cc2)CC1. The Morgan fingerprint density at radius 2 is 1.33 bits per heavy atom. The summed E-state index contributed by atoms with van der Waals surface area (Å²) in [6.45, 7) is 3.16. The highest BCUT2D eigenvalue weighted by Crippen LogP contribution is 2.22. The van der Waals surface area contributed by atoms with Gasteiger partial charge in [0.15, 0.2) is 0 Å². The maximum Gasteiger partial charge on any atom is 0.252 e. The minimum Gasteiger partial charge on any atom is -0.341 e. The molecule has 0 aliphatic carbocycles. The molecule has 1 N–H and O–H groups in total. The molecule has 4 rings (SSSR count). The Kier molecular flexibility index (Phi) is 7.23. The molecule has 0 radical (unpaired) electrons. The van der Waals surface area contributed by atoms with Gasteiger partial charge in [0, 0.05) is 38.3 Å². The van der Waals surface area contributed by atoms with Crippen molar-refractivity contribution in [2.24, 2.45) is 0 Å². The first-order chi connectivity index (χ1) is 15.9. The van der Waals surface area contributed by atoms with Crippen LogP contribution in [-0.2, 0) is 16.6 Å². The molecule has 0 unspecified atom stereocenters. The Morgan fingerprint density at radius 1 is 0.818 bits per heavy atom. The van der Waals surface area contributed by atoms with Gasteiger partial charge in [0.05, 0.1) is 12.3 Å². The van der Waals surface area contributed by atoms with Gasteiger partial charge in [-0.15, -0.1) is 0 Å². The molecule has 3 aromatic rings. The molecule has 1 fully saturated rings. The van der Waals surface area contributed by atoms with Crippen LogP contribution in [0.25, 0.3) is 0 Å². The van der Waals surface area contributed by atoms with E-state index in [2.05, 4.69) is 10.2 Å². The maximum absolute atomic E-state index is 13.0. The second-order valence-corrected chi connectivity index (χ2v) is 10.3. The van der Waals surface area contributed by atoms with Crippen LogP contribution < -0.4 is 5.32 Å². The summed E-state index contributed by atoms with van der Waals surface area (Å²) in [4.78, 5) is 15.3. The third-order valence-corrected chi connectivity index (χ3v) is 7.27. The van der Waals surface area contributed by atoms with Crippen LogP contribution in [0.2, 0.25) is 0 Å². The van der Waals surface area contributed by atoms with Crippen molar-refractivity contribution in [1.29, 1.82) is 0 Å². The minimum absolute atomic E-state index is 0.124. The fourth-order valence-electron chi connectivity index (χ4n) is 4.10. The predicted molar refractivity (Wildman–Crippen MR) is 130 cm³/mol. The number of hydrogen-bond donors (Lipinski definition) is 1. The number of carbonyl (C=O) groups is 1. The van der Waals surface area contributed by atoms with Gasteiger partial charge in [0.1, 0.15) is 0 Å². The van der Waals surface area contributed by atoms with Crippen LogP contribution in [0.1, 0.15) is 33.1 Å². The van der Waals surface area contributed by atoms with Crippen LogP contribution in [-0.4, -0.2) is 56.0 Å². The van der Waals surface area contributed by atoms with Gasteiger partial charge in [-0.3, -0.25) is 9.69 Å². The second kappa shape index (κ2) is 10.3. The molecule has 1 aliphatic heterocycles. The summed E-state index contributed by atoms with van der Waals surface area (Å²) in [7, 11) is -3.13. The summed E-state index contributed by atoms with van der Waals surface area (Å²) in [6.07, 6.45) is 1.26. The topological polar surface area (TPSA) is 69.7 Å². The standard InChI is InChI=1S/C26H29N3O3S/c1-33(31,32)29-18-16-28(17-19-29)20-21-12-14-24(15-13-21)26(30)27-25(22-8-4-2-5-9-22)23-10-6-3-7-11-23/h2-15,25H,16-20H2,1H3,(H,27,30). The van der Waals surface area contributed by atoms with E-state index in [1.54, 1.807) is 0 Å². The van der Waals surface area contributed by atoms with E-state index in [1.807, 2.05) is 84.9 Å². The lowest BCUT2D eigenvalue weighted by Gasteiger charge is -2.33. The summed E-state index contributed by atoms with van der Waals surface area (Å²) in [5.74, 6) is -0.124. The van der Waals surface area contributed by atoms with Crippen LogP contribution in [0, 0.1) is 0 Å². The lowest BCUT2D eigenvalue weighted by Crippen LogP contribution is -2.47. The molecule has 1 amide bonds. The quantitative estimate of drug-likeness (QED) is 0.584. The van der Waals surface area contributed by atoms with Crippen molar-refractivity contribution >= 4 is 15.9 Å². The van der Waals surface area contributed by atoms with Gasteiger partial charge >= 0.3 is 0 Å². The molecule has 1 heterocycles. The van der Waals surface area contributed by atoms with E-state index in [4.69, 9.17) is 0 Å². The molecule has 6 nitrogen and oxygen atoms in total. The largest absolute Gasteiger partial charge is 0.341 e. The van der Waals surface area contributed by atoms with E-state index in [0.717, 1.165) is 23.2 Å². The zero-order valence-corrected chi connectivity index (χ0v) is 19.5. The van der Waals surface area contributed by atoms with Crippen molar-refractivity contribution in [2.45, 2.75) is 12.6 Å². The molecule has 3 aromatic carbocycles. The van der Waals surface area contributed by atoms with E-state index >= 15 is 0 Å². The molecule has 1 saturated heterocycles. The van der Waals surface area contributed by atoms with Crippen molar-refractivity contribution in [1.82, 2.24) is 14.5 Å². The lowest BCUT2D eigenvalue weighted by atomic mass is 9.98. The minimum atomic E-state index is -3.13. The van der Waals surface area contributed by atoms with Crippen LogP contribution in [0.3, 0.4) is 0 Å². The third-order valence-electron chi connectivity index (χ3n) is 5.96. The van der Waals surface area contributed by atoms with Crippen LogP contribution in [0.15, 0.2) is 84.9 Å². The Labute approximate surface area is 195 Å². The number of nitrogens with zero attached hydrogens (tertiary/aromatic N) is 2. The van der Waals surface area contributed by atoms with E-state index in [9.17, 15) is 13.2 Å². The van der Waals surface area contributed by atoms with Crippen molar-refractivity contribution in [3.63, 3.8) is 0 Å². The van der Waals surface area contributed by atoms with Gasteiger partial charge in [-0.2, -0.15) is 4.31 Å². The molecule has 0 spiro atoms. The number of hydrogen-bond acceptors (Lipinski definition) is 4. The maximum atomic E-state index is 13.0. The fourth-order valence-corrected chi connectivity index (χ4v) is 4.93. The average Bonchev–Trinajstić information content (AvgIpc) is 2.84. The molecular weight excluding hydrogens is 434 g/mol. The summed E-state index contributed by atoms with van der Waals surface area (Å²) in [6, 6.07) is 27.3. The lowest BCUT2D eigenvalue weighted by molar-refractivity contribution is 0.0943. The van der Waals surface area contributed by atoms with Crippen LogP contribution in [0.5, 0.6) is 0 Å². The number of sulfonamides is 1. The van der Waals surface area contributed by atoms with E-state index in [1.165, 1.54) is 10.6 Å². The third kappa shape index (κ3) is 6.07. The molecule has 0 bridgehead atoms. The summed E-state index contributed by atoms with van der Waals surface area (Å²) >= 11 is 0. The van der Waals surface area contributed by atoms with Gasteiger partial charge in [-0.05, 0) is 28.8 Å². The van der Waals surface area contributed by atoms with E-state index in [0.29, 0.717) is 31.7 Å². The smallest absolute Gasteiger partial charge is 0.252 e. The summed E-state index contributed by atoms with van der Waals surface area (Å²) < 4.78 is 24.9. The first kappa shape index (κ1) is 23.2. The van der Waals surface area contributed by atoms with Crippen molar-refractivity contribution in [3.05, 3.63) is 107 Å². The molecular formula is C26H29N3O3S. The highest BCUT2D eigenvalue weighted by atomic mass is 32.2. The average molecular weight is 464 g/mol. The Morgan fingerprint density at radius 3 is 1.82 bits per heavy atom. The number of nitrogens with one attached hydrogen (secondary N) is 1. The summed E-state index contributed by atoms with van der Waals surface area (Å²) in [5, 5.41) is 3.17. The molecule has 0 atom stereocenters. The molecule has 0 aromatic heterocycles. The highest BCUT2D eigenvalue weighted by molar-refractivity contribution is 7.88. The number of rotatable bonds is 7. The molecule has 33 heavy (non-hydrogen) atoms. The van der Waals surface area contributed by atoms with Crippen LogP contribution >= 0.6 is 0 Å². The van der Waals surface area contributed by atoms with Crippen molar-refractivity contribution < 1.29 is 13.2 Å². The highest BCUT2D eigenvalue weighted by Gasteiger charge is 2.23. The van der Waals surface area contributed by atoms with Crippen LogP contribution in [0.4, 0.5) is 0 Å². The predicted octanol–water partition coefficient (Wildman–Crippen LogP) is 3.28. The molecule has 0 saturated carbocycles. The van der Waals surface area contributed by atoms with Crippen molar-refractivity contribution in [2.75, 3.05) is 32.4 Å². The van der Waals surface area contributed by atoms with E-state index in [-0.39, 0.29) is 11.9 Å². The second-order valence-electron chi connectivity index (χ2n) is 8.36. The van der Waals surface area contributed by atoms with E-state index < -0.39 is 10.0 Å². The Bertz CT molecular complexity index is 1120. The molecule has 1 aliphatic rings. The monoisotopic (exact) mass is 463 g/mol. The van der Waals surface area contributed by atoms with Gasteiger partial charge in [-0.25, -0.2) is 8.42 Å². The van der Waals surface area contributed by atoms with Gasteiger partial charge < -0.3 is 5.32 Å². The Hall–Kier alpha value is -3.00. The normalized spacial score (nSPS) is 15.5. The zero-order chi connectivity index (χ0) is 23.3. The zero-order valence-electron chi connectivity index (χ0n) is 18.7. The molecule has 7 heteroatoms. The summed E-state index contributed by atoms with van der Waals surface area (Å²) in [5.41, 5.74) is 3.77. The molecule has 172 valence electrons. The first-order valence-electron chi connectivity index (χ1n) is 11.1. The first-order valence-corrected chi connectivity index (χ1v) is 12.9. The number of benzene rings is 3. The van der Waals surface area contributed by atoms with Gasteiger partial charge in [-0.1, -0.05) is 72.8 Å². The fraction of sp³-hybridized carbons (Fsp3) is 0.269. The number of amides is 1. The number of piperazine rings is 1. The number of carbonyl (C=O) groups excluding carboxylic acids is 1. The Balaban J connectivity index is 1.40. The van der Waals surface area contributed by atoms with Gasteiger partial charge in [0.2, 0.25) is 10.0 Å². The van der Waals surface area contributed by atoms with Crippen molar-refractivity contribution in [3.8, 4) is 0 Å². The van der Waals surface area contributed by atoms with Gasteiger partial charge in [0.25, 0.3) is 5.91 Å².